The van der Waals surface area contributed by atoms with Gasteiger partial charge in [-0.2, -0.15) is 0 Å². The number of hydrogen-bond acceptors (Lipinski definition) is 2. The van der Waals surface area contributed by atoms with Crippen molar-refractivity contribution in [3.8, 4) is 0 Å². The van der Waals surface area contributed by atoms with E-state index >= 15 is 0 Å². The van der Waals surface area contributed by atoms with Crippen molar-refractivity contribution in [1.82, 2.24) is 10.2 Å². The number of halogens is 2. The summed E-state index contributed by atoms with van der Waals surface area (Å²) in [4.78, 5) is 26.4. The molecule has 0 aromatic heterocycles. The lowest BCUT2D eigenvalue weighted by Crippen LogP contribution is -2.44. The van der Waals surface area contributed by atoms with Crippen LogP contribution in [0.5, 0.6) is 0 Å². The van der Waals surface area contributed by atoms with Gasteiger partial charge in [0, 0.05) is 24.1 Å². The molecule has 3 rings (SSSR count). The molecular formula is C18H22F2N2O2. The second-order valence-corrected chi connectivity index (χ2v) is 7.77. The first-order chi connectivity index (χ1) is 11.1. The van der Waals surface area contributed by atoms with E-state index in [1.165, 1.54) is 0 Å². The molecule has 2 aliphatic rings. The summed E-state index contributed by atoms with van der Waals surface area (Å²) in [5.74, 6) is -1.82. The minimum absolute atomic E-state index is 0.0515. The van der Waals surface area contributed by atoms with Gasteiger partial charge in [0.05, 0.1) is 11.5 Å². The number of carbonyl (C=O) groups is 2. The van der Waals surface area contributed by atoms with Gasteiger partial charge in [-0.15, -0.1) is 0 Å². The third-order valence-corrected chi connectivity index (χ3v) is 4.86. The molecule has 2 fully saturated rings. The van der Waals surface area contributed by atoms with Crippen molar-refractivity contribution >= 4 is 11.8 Å². The number of benzene rings is 1. The van der Waals surface area contributed by atoms with E-state index in [1.807, 2.05) is 20.8 Å². The topological polar surface area (TPSA) is 49.4 Å². The van der Waals surface area contributed by atoms with Crippen molar-refractivity contribution in [1.29, 1.82) is 0 Å². The Morgan fingerprint density at radius 3 is 2.50 bits per heavy atom. The maximum atomic E-state index is 14.0. The Morgan fingerprint density at radius 2 is 1.96 bits per heavy atom. The summed E-state index contributed by atoms with van der Waals surface area (Å²) in [6.45, 7) is 6.14. The van der Waals surface area contributed by atoms with Crippen LogP contribution in [0.3, 0.4) is 0 Å². The first-order valence-corrected chi connectivity index (χ1v) is 8.20. The summed E-state index contributed by atoms with van der Waals surface area (Å²) in [5.41, 5.74) is -0.979. The van der Waals surface area contributed by atoms with Gasteiger partial charge in [0.1, 0.15) is 11.6 Å². The van der Waals surface area contributed by atoms with Crippen LogP contribution in [-0.4, -0.2) is 28.8 Å². The summed E-state index contributed by atoms with van der Waals surface area (Å²) in [6.07, 6.45) is 1.30. The highest BCUT2D eigenvalue weighted by Gasteiger charge is 2.49. The van der Waals surface area contributed by atoms with E-state index in [9.17, 15) is 18.4 Å². The van der Waals surface area contributed by atoms with E-state index in [-0.39, 0.29) is 29.3 Å². The fraction of sp³-hybridized carbons (Fsp3) is 0.556. The second kappa shape index (κ2) is 5.53. The molecule has 1 aromatic rings. The highest BCUT2D eigenvalue weighted by molar-refractivity contribution is 5.90. The minimum atomic E-state index is -0.832. The van der Waals surface area contributed by atoms with Crippen LogP contribution in [0.15, 0.2) is 18.2 Å². The van der Waals surface area contributed by atoms with Crippen LogP contribution in [0, 0.1) is 17.6 Å². The van der Waals surface area contributed by atoms with Crippen LogP contribution in [0.4, 0.5) is 8.78 Å². The zero-order chi connectivity index (χ0) is 17.7. The van der Waals surface area contributed by atoms with Gasteiger partial charge >= 0.3 is 0 Å². The normalized spacial score (nSPS) is 22.6. The van der Waals surface area contributed by atoms with Gasteiger partial charge in [-0.3, -0.25) is 9.59 Å². The SMILES string of the molecule is CC(C)(C)N1CC(C(=O)NC2(c3cc(F)ccc3F)CC2)CC1=O. The van der Waals surface area contributed by atoms with Gasteiger partial charge in [0.2, 0.25) is 11.8 Å². The zero-order valence-corrected chi connectivity index (χ0v) is 14.2. The minimum Gasteiger partial charge on any atom is -0.346 e. The van der Waals surface area contributed by atoms with Crippen molar-refractivity contribution in [3.63, 3.8) is 0 Å². The highest BCUT2D eigenvalue weighted by Crippen LogP contribution is 2.47. The van der Waals surface area contributed by atoms with Gasteiger partial charge in [-0.1, -0.05) is 0 Å². The van der Waals surface area contributed by atoms with E-state index in [2.05, 4.69) is 5.32 Å². The van der Waals surface area contributed by atoms with Crippen molar-refractivity contribution < 1.29 is 18.4 Å². The molecule has 1 N–H and O–H groups in total. The average Bonchev–Trinajstić information content (AvgIpc) is 3.13. The fourth-order valence-electron chi connectivity index (χ4n) is 3.32. The van der Waals surface area contributed by atoms with E-state index in [0.717, 1.165) is 18.2 Å². The van der Waals surface area contributed by atoms with Crippen LogP contribution in [-0.2, 0) is 15.1 Å². The number of likely N-dealkylation sites (tertiary alicyclic amines) is 1. The lowest BCUT2D eigenvalue weighted by atomic mass is 10.0. The molecule has 130 valence electrons. The molecule has 2 amide bonds. The summed E-state index contributed by atoms with van der Waals surface area (Å²) < 4.78 is 27.5. The number of nitrogens with one attached hydrogen (secondary N) is 1. The molecule has 0 radical (unpaired) electrons. The molecule has 1 unspecified atom stereocenters. The molecule has 24 heavy (non-hydrogen) atoms. The fourth-order valence-corrected chi connectivity index (χ4v) is 3.32. The lowest BCUT2D eigenvalue weighted by molar-refractivity contribution is -0.132. The summed E-state index contributed by atoms with van der Waals surface area (Å²) in [6, 6.07) is 3.29. The summed E-state index contributed by atoms with van der Waals surface area (Å²) in [7, 11) is 0. The van der Waals surface area contributed by atoms with E-state index in [0.29, 0.717) is 19.4 Å². The predicted molar refractivity (Wildman–Crippen MR) is 85.0 cm³/mol. The molecule has 4 nitrogen and oxygen atoms in total. The third kappa shape index (κ3) is 3.01. The van der Waals surface area contributed by atoms with Crippen LogP contribution in [0.25, 0.3) is 0 Å². The molecule has 6 heteroatoms. The molecule has 1 saturated carbocycles. The molecule has 0 bridgehead atoms. The first kappa shape index (κ1) is 16.9. The zero-order valence-electron chi connectivity index (χ0n) is 14.2. The molecule has 0 spiro atoms. The Kier molecular flexibility index (Phi) is 3.89. The second-order valence-electron chi connectivity index (χ2n) is 7.77. The third-order valence-electron chi connectivity index (χ3n) is 4.86. The predicted octanol–water partition coefficient (Wildman–Crippen LogP) is 2.72. The number of carbonyl (C=O) groups excluding carboxylic acids is 2. The lowest BCUT2D eigenvalue weighted by Gasteiger charge is -2.32. The molecule has 1 atom stereocenters. The van der Waals surface area contributed by atoms with Crippen molar-refractivity contribution in [2.24, 2.45) is 5.92 Å². The molecular weight excluding hydrogens is 314 g/mol. The van der Waals surface area contributed by atoms with Gasteiger partial charge in [0.15, 0.2) is 0 Å². The van der Waals surface area contributed by atoms with Crippen molar-refractivity contribution in [2.75, 3.05) is 6.54 Å². The Morgan fingerprint density at radius 1 is 1.29 bits per heavy atom. The molecule has 1 aliphatic carbocycles. The van der Waals surface area contributed by atoms with Crippen LogP contribution >= 0.6 is 0 Å². The highest BCUT2D eigenvalue weighted by atomic mass is 19.1. The van der Waals surface area contributed by atoms with E-state index in [4.69, 9.17) is 0 Å². The summed E-state index contributed by atoms with van der Waals surface area (Å²) in [5, 5.41) is 2.86. The van der Waals surface area contributed by atoms with Gasteiger partial charge in [-0.05, 0) is 51.8 Å². The van der Waals surface area contributed by atoms with E-state index < -0.39 is 23.1 Å². The maximum absolute atomic E-state index is 14.0. The number of amides is 2. The number of rotatable bonds is 3. The van der Waals surface area contributed by atoms with Crippen LogP contribution < -0.4 is 5.32 Å². The Hall–Kier alpha value is -1.98. The van der Waals surface area contributed by atoms with Crippen molar-refractivity contribution in [2.45, 2.75) is 51.1 Å². The molecule has 1 saturated heterocycles. The largest absolute Gasteiger partial charge is 0.346 e. The number of nitrogens with zero attached hydrogens (tertiary/aromatic N) is 1. The van der Waals surface area contributed by atoms with Gasteiger partial charge < -0.3 is 10.2 Å². The van der Waals surface area contributed by atoms with Crippen LogP contribution in [0.2, 0.25) is 0 Å². The standard InChI is InChI=1S/C18H22F2N2O2/c1-17(2,3)22-10-11(8-15(22)23)16(24)21-18(6-7-18)13-9-12(19)4-5-14(13)20/h4-5,9,11H,6-8,10H2,1-3H3,(H,21,24). The molecule has 1 aliphatic heterocycles. The molecule has 1 aromatic carbocycles. The van der Waals surface area contributed by atoms with Gasteiger partial charge in [0.25, 0.3) is 0 Å². The first-order valence-electron chi connectivity index (χ1n) is 8.20. The summed E-state index contributed by atoms with van der Waals surface area (Å²) >= 11 is 0. The maximum Gasteiger partial charge on any atom is 0.226 e. The van der Waals surface area contributed by atoms with Gasteiger partial charge in [-0.25, -0.2) is 8.78 Å². The number of hydrogen-bond donors (Lipinski definition) is 1. The Labute approximate surface area is 140 Å². The van der Waals surface area contributed by atoms with E-state index in [1.54, 1.807) is 4.90 Å². The monoisotopic (exact) mass is 336 g/mol. The Balaban J connectivity index is 1.74. The quantitative estimate of drug-likeness (QED) is 0.923. The average molecular weight is 336 g/mol. The van der Waals surface area contributed by atoms with Crippen LogP contribution in [0.1, 0.15) is 45.6 Å². The van der Waals surface area contributed by atoms with Crippen molar-refractivity contribution in [3.05, 3.63) is 35.4 Å². The smallest absolute Gasteiger partial charge is 0.226 e. The molecule has 1 heterocycles. The Bertz CT molecular complexity index is 693.